The molecule has 0 aromatic heterocycles. The number of rotatable bonds is 6. The topological polar surface area (TPSA) is 49.8 Å². The van der Waals surface area contributed by atoms with E-state index in [9.17, 15) is 18.0 Å². The quantitative estimate of drug-likeness (QED) is 0.558. The van der Waals surface area contributed by atoms with Gasteiger partial charge in [0.15, 0.2) is 6.61 Å². The van der Waals surface area contributed by atoms with E-state index in [-0.39, 0.29) is 22.1 Å². The number of nitrogens with zero attached hydrogens (tertiary/aromatic N) is 1. The van der Waals surface area contributed by atoms with Gasteiger partial charge in [-0.05, 0) is 47.5 Å². The van der Waals surface area contributed by atoms with Gasteiger partial charge in [0.25, 0.3) is 0 Å². The maximum Gasteiger partial charge on any atom is 0.341 e. The van der Waals surface area contributed by atoms with Crippen LogP contribution in [0.1, 0.15) is 0 Å². The average molecular weight is 422 g/mol. The van der Waals surface area contributed by atoms with Crippen LogP contribution in [0.3, 0.4) is 0 Å². The SMILES string of the molecule is CN(c1cc(-c2cccc(F)c2)ccc1F)c1c(F)ccc(OCC(=O)O)c1Cl. The zero-order valence-electron chi connectivity index (χ0n) is 15.1. The zero-order chi connectivity index (χ0) is 21.1. The number of benzene rings is 3. The van der Waals surface area contributed by atoms with Crippen molar-refractivity contribution in [2.24, 2.45) is 0 Å². The minimum atomic E-state index is -1.23. The van der Waals surface area contributed by atoms with E-state index in [1.807, 2.05) is 0 Å². The molecule has 0 atom stereocenters. The lowest BCUT2D eigenvalue weighted by atomic mass is 10.0. The third-order valence-corrected chi connectivity index (χ3v) is 4.55. The van der Waals surface area contributed by atoms with Crippen LogP contribution in [0.25, 0.3) is 11.1 Å². The molecule has 0 amide bonds. The van der Waals surface area contributed by atoms with Gasteiger partial charge < -0.3 is 14.7 Å². The van der Waals surface area contributed by atoms with Crippen LogP contribution >= 0.6 is 11.6 Å². The molecule has 0 aliphatic carbocycles. The lowest BCUT2D eigenvalue weighted by molar-refractivity contribution is -0.139. The van der Waals surface area contributed by atoms with Gasteiger partial charge in [0.05, 0.1) is 11.4 Å². The predicted molar refractivity (Wildman–Crippen MR) is 104 cm³/mol. The van der Waals surface area contributed by atoms with Crippen LogP contribution in [0, 0.1) is 17.5 Å². The molecule has 0 bridgehead atoms. The summed E-state index contributed by atoms with van der Waals surface area (Å²) in [7, 11) is 1.40. The standard InChI is InChI=1S/C21H15ClF3NO3/c1-26(21-16(25)7-8-18(20(21)22)29-11-19(27)28)17-10-13(5-6-15(17)24)12-3-2-4-14(23)9-12/h2-10H,11H2,1H3,(H,27,28). The lowest BCUT2D eigenvalue weighted by Crippen LogP contribution is -2.15. The minimum Gasteiger partial charge on any atom is -0.480 e. The summed E-state index contributed by atoms with van der Waals surface area (Å²) in [6.07, 6.45) is 0. The lowest BCUT2D eigenvalue weighted by Gasteiger charge is -2.23. The van der Waals surface area contributed by atoms with Gasteiger partial charge >= 0.3 is 5.97 Å². The van der Waals surface area contributed by atoms with Crippen molar-refractivity contribution >= 4 is 28.9 Å². The number of carboxylic acids is 1. The molecule has 0 spiro atoms. The molecule has 0 aliphatic rings. The molecule has 8 heteroatoms. The molecule has 0 unspecified atom stereocenters. The fourth-order valence-electron chi connectivity index (χ4n) is 2.82. The van der Waals surface area contributed by atoms with Gasteiger partial charge in [-0.1, -0.05) is 29.8 Å². The average Bonchev–Trinajstić information content (AvgIpc) is 2.67. The summed E-state index contributed by atoms with van der Waals surface area (Å²) in [4.78, 5) is 11.9. The molecule has 0 heterocycles. The van der Waals surface area contributed by atoms with Crippen molar-refractivity contribution in [2.75, 3.05) is 18.6 Å². The van der Waals surface area contributed by atoms with E-state index >= 15 is 0 Å². The Balaban J connectivity index is 2.04. The number of hydrogen-bond donors (Lipinski definition) is 1. The van der Waals surface area contributed by atoms with E-state index < -0.39 is 30.0 Å². The van der Waals surface area contributed by atoms with E-state index in [2.05, 4.69) is 0 Å². The molecule has 3 aromatic rings. The van der Waals surface area contributed by atoms with Gasteiger partial charge in [-0.25, -0.2) is 18.0 Å². The summed E-state index contributed by atoms with van der Waals surface area (Å²) in [6.45, 7) is -0.669. The Hall–Kier alpha value is -3.19. The molecule has 0 fully saturated rings. The Bertz CT molecular complexity index is 1080. The van der Waals surface area contributed by atoms with E-state index in [1.165, 1.54) is 54.4 Å². The summed E-state index contributed by atoms with van der Waals surface area (Å²) in [5.41, 5.74) is 0.833. The number of halogens is 4. The second-order valence-corrected chi connectivity index (χ2v) is 6.50. The van der Waals surface area contributed by atoms with Crippen LogP contribution in [0.15, 0.2) is 54.6 Å². The van der Waals surface area contributed by atoms with Gasteiger partial charge in [0, 0.05) is 7.05 Å². The van der Waals surface area contributed by atoms with Crippen LogP contribution in [0.5, 0.6) is 5.75 Å². The fraction of sp³-hybridized carbons (Fsp3) is 0.0952. The number of ether oxygens (including phenoxy) is 1. The number of hydrogen-bond acceptors (Lipinski definition) is 3. The van der Waals surface area contributed by atoms with Gasteiger partial charge in [-0.2, -0.15) is 0 Å². The number of carbonyl (C=O) groups is 1. The van der Waals surface area contributed by atoms with E-state index in [0.29, 0.717) is 11.1 Å². The first-order valence-electron chi connectivity index (χ1n) is 8.39. The Kier molecular flexibility index (Phi) is 5.98. The first kappa shape index (κ1) is 20.5. The maximum atomic E-state index is 14.5. The molecule has 150 valence electrons. The van der Waals surface area contributed by atoms with Crippen LogP contribution in [-0.4, -0.2) is 24.7 Å². The molecule has 3 rings (SSSR count). The summed E-state index contributed by atoms with van der Waals surface area (Å²) in [5.74, 6) is -3.14. The van der Waals surface area contributed by atoms with Crippen molar-refractivity contribution in [3.05, 3.63) is 77.1 Å². The highest BCUT2D eigenvalue weighted by Gasteiger charge is 2.21. The highest BCUT2D eigenvalue weighted by molar-refractivity contribution is 6.35. The maximum absolute atomic E-state index is 14.5. The monoisotopic (exact) mass is 421 g/mol. The summed E-state index contributed by atoms with van der Waals surface area (Å²) >= 11 is 6.20. The van der Waals surface area contributed by atoms with E-state index in [4.69, 9.17) is 21.4 Å². The first-order valence-corrected chi connectivity index (χ1v) is 8.77. The summed E-state index contributed by atoms with van der Waals surface area (Å²) in [5, 5.41) is 8.54. The third-order valence-electron chi connectivity index (χ3n) is 4.18. The smallest absolute Gasteiger partial charge is 0.341 e. The van der Waals surface area contributed by atoms with Crippen LogP contribution < -0.4 is 9.64 Å². The van der Waals surface area contributed by atoms with Crippen LogP contribution in [0.4, 0.5) is 24.5 Å². The predicted octanol–water partition coefficient (Wildman–Crippen LogP) is 5.66. The number of anilines is 2. The largest absolute Gasteiger partial charge is 0.480 e. The number of carboxylic acid groups (broad SMARTS) is 1. The Morgan fingerprint density at radius 2 is 1.72 bits per heavy atom. The molecule has 0 aliphatic heterocycles. The molecule has 0 saturated heterocycles. The minimum absolute atomic E-state index is 0.0112. The highest BCUT2D eigenvalue weighted by atomic mass is 35.5. The van der Waals surface area contributed by atoms with Crippen molar-refractivity contribution in [1.82, 2.24) is 0 Å². The van der Waals surface area contributed by atoms with Gasteiger partial charge in [-0.15, -0.1) is 0 Å². The zero-order valence-corrected chi connectivity index (χ0v) is 15.9. The molecule has 1 N–H and O–H groups in total. The molecule has 3 aromatic carbocycles. The van der Waals surface area contributed by atoms with Crippen molar-refractivity contribution < 1.29 is 27.8 Å². The molecule has 4 nitrogen and oxygen atoms in total. The van der Waals surface area contributed by atoms with Crippen molar-refractivity contribution in [1.29, 1.82) is 0 Å². The first-order chi connectivity index (χ1) is 13.8. The highest BCUT2D eigenvalue weighted by Crippen LogP contribution is 2.40. The summed E-state index contributed by atoms with van der Waals surface area (Å²) in [6, 6.07) is 12.1. The van der Waals surface area contributed by atoms with Gasteiger partial charge in [0.1, 0.15) is 28.2 Å². The molecule has 0 radical (unpaired) electrons. The van der Waals surface area contributed by atoms with Crippen molar-refractivity contribution in [3.63, 3.8) is 0 Å². The van der Waals surface area contributed by atoms with Crippen molar-refractivity contribution in [3.8, 4) is 16.9 Å². The van der Waals surface area contributed by atoms with Gasteiger partial charge in [-0.3, -0.25) is 0 Å². The summed E-state index contributed by atoms with van der Waals surface area (Å²) < 4.78 is 47.6. The second kappa shape index (κ2) is 8.45. The van der Waals surface area contributed by atoms with Gasteiger partial charge in [0.2, 0.25) is 0 Å². The molecule has 29 heavy (non-hydrogen) atoms. The second-order valence-electron chi connectivity index (χ2n) is 6.13. The third kappa shape index (κ3) is 4.46. The Labute approximate surface area is 169 Å². The number of aliphatic carboxylic acids is 1. The van der Waals surface area contributed by atoms with Crippen molar-refractivity contribution in [2.45, 2.75) is 0 Å². The fourth-order valence-corrected chi connectivity index (χ4v) is 3.15. The Morgan fingerprint density at radius 3 is 2.41 bits per heavy atom. The molecule has 0 saturated carbocycles. The normalized spacial score (nSPS) is 10.7. The molecular weight excluding hydrogens is 407 g/mol. The molecular formula is C21H15ClF3NO3. The van der Waals surface area contributed by atoms with Crippen LogP contribution in [0.2, 0.25) is 5.02 Å². The van der Waals surface area contributed by atoms with E-state index in [0.717, 1.165) is 6.07 Å². The van der Waals surface area contributed by atoms with Crippen LogP contribution in [-0.2, 0) is 4.79 Å². The van der Waals surface area contributed by atoms with E-state index in [1.54, 1.807) is 6.07 Å². The Morgan fingerprint density at radius 1 is 1.03 bits per heavy atom.